The van der Waals surface area contributed by atoms with Crippen molar-refractivity contribution in [3.8, 4) is 0 Å². The van der Waals surface area contributed by atoms with Crippen molar-refractivity contribution in [3.05, 3.63) is 33.8 Å². The monoisotopic (exact) mass is 309 g/mol. The van der Waals surface area contributed by atoms with Gasteiger partial charge in [0.25, 0.3) is 0 Å². The molecule has 21 heavy (non-hydrogen) atoms. The minimum Gasteiger partial charge on any atom is -0.378 e. The summed E-state index contributed by atoms with van der Waals surface area (Å²) in [5.74, 6) is 0.753. The molecule has 2 rings (SSSR count). The zero-order chi connectivity index (χ0) is 15.4. The number of benzene rings is 1. The Morgan fingerprint density at radius 2 is 1.90 bits per heavy atom. The quantitative estimate of drug-likeness (QED) is 0.780. The van der Waals surface area contributed by atoms with Gasteiger partial charge in [0, 0.05) is 17.7 Å². The third-order valence-electron chi connectivity index (χ3n) is 4.60. The second-order valence-electron chi connectivity index (χ2n) is 6.22. The van der Waals surface area contributed by atoms with Gasteiger partial charge in [0.2, 0.25) is 0 Å². The fourth-order valence-corrected chi connectivity index (χ4v) is 3.56. The molecular weight excluding hydrogens is 282 g/mol. The first-order chi connectivity index (χ1) is 10.0. The van der Waals surface area contributed by atoms with Gasteiger partial charge >= 0.3 is 0 Å². The van der Waals surface area contributed by atoms with Gasteiger partial charge in [0.05, 0.1) is 6.10 Å². The molecule has 1 unspecified atom stereocenters. The summed E-state index contributed by atoms with van der Waals surface area (Å²) in [6.07, 6.45) is 4.02. The van der Waals surface area contributed by atoms with Gasteiger partial charge in [0.1, 0.15) is 0 Å². The van der Waals surface area contributed by atoms with Gasteiger partial charge in [0.15, 0.2) is 0 Å². The van der Waals surface area contributed by atoms with Crippen LogP contribution in [0.3, 0.4) is 0 Å². The van der Waals surface area contributed by atoms with Crippen LogP contribution in [0.5, 0.6) is 0 Å². The molecule has 0 aliphatic heterocycles. The molecule has 0 aromatic heterocycles. The van der Waals surface area contributed by atoms with Crippen LogP contribution in [0.25, 0.3) is 0 Å². The third kappa shape index (κ3) is 4.21. The van der Waals surface area contributed by atoms with Gasteiger partial charge in [-0.15, -0.1) is 0 Å². The number of ether oxygens (including phenoxy) is 1. The van der Waals surface area contributed by atoms with Crippen molar-refractivity contribution < 1.29 is 4.74 Å². The molecule has 2 nitrogen and oxygen atoms in total. The molecule has 1 aromatic rings. The molecule has 0 amide bonds. The summed E-state index contributed by atoms with van der Waals surface area (Å²) in [7, 11) is 0. The lowest BCUT2D eigenvalue weighted by Gasteiger charge is -2.37. The molecule has 118 valence electrons. The highest BCUT2D eigenvalue weighted by molar-refractivity contribution is 6.31. The second-order valence-corrected chi connectivity index (χ2v) is 6.63. The van der Waals surface area contributed by atoms with Crippen molar-refractivity contribution in [3.63, 3.8) is 0 Å². The van der Waals surface area contributed by atoms with E-state index in [-0.39, 0.29) is 0 Å². The number of nitrogens with one attached hydrogen (secondary N) is 1. The Labute approximate surface area is 134 Å². The van der Waals surface area contributed by atoms with Crippen molar-refractivity contribution in [1.82, 2.24) is 5.32 Å². The summed E-state index contributed by atoms with van der Waals surface area (Å²) >= 11 is 6.49. The highest BCUT2D eigenvalue weighted by atomic mass is 35.5. The summed E-state index contributed by atoms with van der Waals surface area (Å²) < 4.78 is 5.67. The van der Waals surface area contributed by atoms with E-state index in [0.29, 0.717) is 12.1 Å². The number of hydrogen-bond donors (Lipinski definition) is 1. The third-order valence-corrected chi connectivity index (χ3v) is 4.93. The van der Waals surface area contributed by atoms with Gasteiger partial charge in [-0.2, -0.15) is 0 Å². The van der Waals surface area contributed by atoms with Gasteiger partial charge in [-0.3, -0.25) is 0 Å². The molecule has 0 heterocycles. The lowest BCUT2D eigenvalue weighted by molar-refractivity contribution is -0.0291. The molecule has 1 aliphatic carbocycles. The van der Waals surface area contributed by atoms with Crippen molar-refractivity contribution in [2.24, 2.45) is 5.92 Å². The second kappa shape index (κ2) is 7.62. The fourth-order valence-electron chi connectivity index (χ4n) is 3.21. The zero-order valence-corrected chi connectivity index (χ0v) is 14.5. The molecule has 1 atom stereocenters. The number of rotatable bonds is 7. The van der Waals surface area contributed by atoms with Crippen molar-refractivity contribution in [2.75, 3.05) is 13.2 Å². The normalized spacial score (nSPS) is 22.9. The van der Waals surface area contributed by atoms with E-state index in [1.165, 1.54) is 29.5 Å². The Kier molecular flexibility index (Phi) is 6.09. The maximum atomic E-state index is 6.49. The molecule has 3 heteroatoms. The Morgan fingerprint density at radius 3 is 2.52 bits per heavy atom. The Hall–Kier alpha value is -0.570. The maximum Gasteiger partial charge on any atom is 0.0580 e. The largest absolute Gasteiger partial charge is 0.378 e. The molecule has 1 saturated carbocycles. The van der Waals surface area contributed by atoms with Gasteiger partial charge in [-0.1, -0.05) is 24.6 Å². The zero-order valence-electron chi connectivity index (χ0n) is 13.7. The van der Waals surface area contributed by atoms with Gasteiger partial charge < -0.3 is 10.1 Å². The number of halogens is 1. The van der Waals surface area contributed by atoms with Crippen LogP contribution in [0.2, 0.25) is 5.02 Å². The van der Waals surface area contributed by atoms with Crippen LogP contribution in [0.4, 0.5) is 0 Å². The predicted molar refractivity (Wildman–Crippen MR) is 90.1 cm³/mol. The topological polar surface area (TPSA) is 21.3 Å². The minimum atomic E-state index is 0.356. The lowest BCUT2D eigenvalue weighted by Crippen LogP contribution is -2.34. The van der Waals surface area contributed by atoms with Crippen LogP contribution in [0, 0.1) is 19.8 Å². The van der Waals surface area contributed by atoms with Crippen molar-refractivity contribution >= 4 is 11.6 Å². The van der Waals surface area contributed by atoms with E-state index < -0.39 is 0 Å². The Morgan fingerprint density at radius 1 is 1.24 bits per heavy atom. The summed E-state index contributed by atoms with van der Waals surface area (Å²) in [5, 5.41) is 4.50. The molecule has 1 aliphatic rings. The molecule has 0 radical (unpaired) electrons. The van der Waals surface area contributed by atoms with Crippen molar-refractivity contribution in [2.45, 2.75) is 59.1 Å². The summed E-state index contributed by atoms with van der Waals surface area (Å²) in [5.41, 5.74) is 3.83. The standard InChI is InChI=1S/C18H28ClNO/c1-5-20-18(11-14-9-15(10-14)21-6-2)16-7-12(3)13(4)8-17(16)19/h7-8,14-15,18,20H,5-6,9-11H2,1-4H3. The molecular formula is C18H28ClNO. The lowest BCUT2D eigenvalue weighted by atomic mass is 9.77. The van der Waals surface area contributed by atoms with E-state index in [4.69, 9.17) is 16.3 Å². The minimum absolute atomic E-state index is 0.356. The highest BCUT2D eigenvalue weighted by Crippen LogP contribution is 2.38. The Bertz CT molecular complexity index is 469. The molecule has 0 spiro atoms. The van der Waals surface area contributed by atoms with E-state index >= 15 is 0 Å². The SMILES string of the molecule is CCNC(CC1CC(OCC)C1)c1cc(C)c(C)cc1Cl. The molecule has 1 aromatic carbocycles. The van der Waals surface area contributed by atoms with Gasteiger partial charge in [-0.05, 0) is 75.3 Å². The predicted octanol–water partition coefficient (Wildman–Crippen LogP) is 4.81. The van der Waals surface area contributed by atoms with Crippen LogP contribution in [-0.2, 0) is 4.74 Å². The highest BCUT2D eigenvalue weighted by Gasteiger charge is 2.32. The van der Waals surface area contributed by atoms with E-state index in [0.717, 1.165) is 30.5 Å². The summed E-state index contributed by atoms with van der Waals surface area (Å²) in [6.45, 7) is 10.3. The molecule has 1 N–H and O–H groups in total. The van der Waals surface area contributed by atoms with Crippen LogP contribution in [0.1, 0.15) is 55.8 Å². The molecule has 0 bridgehead atoms. The molecule has 1 fully saturated rings. The van der Waals surface area contributed by atoms with Crippen LogP contribution >= 0.6 is 11.6 Å². The van der Waals surface area contributed by atoms with Crippen LogP contribution < -0.4 is 5.32 Å². The fraction of sp³-hybridized carbons (Fsp3) is 0.667. The summed E-state index contributed by atoms with van der Waals surface area (Å²) in [6, 6.07) is 4.71. The van der Waals surface area contributed by atoms with E-state index in [2.05, 4.69) is 45.1 Å². The number of hydrogen-bond acceptors (Lipinski definition) is 2. The Balaban J connectivity index is 2.04. The first-order valence-corrected chi connectivity index (χ1v) is 8.54. The first-order valence-electron chi connectivity index (χ1n) is 8.16. The molecule has 0 saturated heterocycles. The average molecular weight is 310 g/mol. The van der Waals surface area contributed by atoms with Gasteiger partial charge in [-0.25, -0.2) is 0 Å². The number of aryl methyl sites for hydroxylation is 2. The van der Waals surface area contributed by atoms with E-state index in [1.54, 1.807) is 0 Å². The maximum absolute atomic E-state index is 6.49. The smallest absolute Gasteiger partial charge is 0.0580 e. The average Bonchev–Trinajstić information content (AvgIpc) is 2.40. The first kappa shape index (κ1) is 16.8. The van der Waals surface area contributed by atoms with E-state index in [9.17, 15) is 0 Å². The van der Waals surface area contributed by atoms with Crippen LogP contribution in [-0.4, -0.2) is 19.3 Å². The van der Waals surface area contributed by atoms with Crippen molar-refractivity contribution in [1.29, 1.82) is 0 Å². The van der Waals surface area contributed by atoms with Crippen LogP contribution in [0.15, 0.2) is 12.1 Å². The summed E-state index contributed by atoms with van der Waals surface area (Å²) in [4.78, 5) is 0. The van der Waals surface area contributed by atoms with E-state index in [1.807, 2.05) is 0 Å².